The van der Waals surface area contributed by atoms with Crippen LogP contribution in [0.25, 0.3) is 11.3 Å². The Morgan fingerprint density at radius 3 is 2.62 bits per heavy atom. The summed E-state index contributed by atoms with van der Waals surface area (Å²) in [6, 6.07) is 17.2. The molecule has 0 aliphatic heterocycles. The molecule has 2 aromatic carbocycles. The first kappa shape index (κ1) is 21.2. The fourth-order valence-corrected chi connectivity index (χ4v) is 3.51. The zero-order valence-electron chi connectivity index (χ0n) is 18.1. The second-order valence-electron chi connectivity index (χ2n) is 7.73. The largest absolute Gasteiger partial charge is 0.478 e. The number of benzene rings is 2. The third kappa shape index (κ3) is 5.18. The number of anilines is 2. The molecule has 162 valence electrons. The van der Waals surface area contributed by atoms with E-state index in [0.29, 0.717) is 6.54 Å². The molecule has 7 nitrogen and oxygen atoms in total. The van der Waals surface area contributed by atoms with Crippen molar-refractivity contribution < 1.29 is 9.90 Å². The highest BCUT2D eigenvalue weighted by Crippen LogP contribution is 2.25. The second-order valence-corrected chi connectivity index (χ2v) is 7.73. The predicted octanol–water partition coefficient (Wildman–Crippen LogP) is 4.90. The lowest BCUT2D eigenvalue weighted by atomic mass is 10.1. The molecule has 4 aromatic rings. The summed E-state index contributed by atoms with van der Waals surface area (Å²) >= 11 is 0. The van der Waals surface area contributed by atoms with Gasteiger partial charge in [0.15, 0.2) is 0 Å². The summed E-state index contributed by atoms with van der Waals surface area (Å²) in [6.07, 6.45) is 5.45. The molecule has 4 rings (SSSR count). The molecular weight excluding hydrogens is 402 g/mol. The average Bonchev–Trinajstić information content (AvgIpc) is 3.27. The summed E-state index contributed by atoms with van der Waals surface area (Å²) in [5, 5.41) is 21.0. The second kappa shape index (κ2) is 9.43. The number of carbonyl (C=O) groups is 1. The molecule has 7 heteroatoms. The van der Waals surface area contributed by atoms with E-state index in [4.69, 9.17) is 5.11 Å². The van der Waals surface area contributed by atoms with E-state index in [0.717, 1.165) is 46.7 Å². The van der Waals surface area contributed by atoms with Crippen molar-refractivity contribution in [3.8, 4) is 11.3 Å². The molecule has 2 heterocycles. The lowest BCUT2D eigenvalue weighted by Crippen LogP contribution is -2.02. The smallest absolute Gasteiger partial charge is 0.335 e. The van der Waals surface area contributed by atoms with E-state index in [1.165, 1.54) is 5.56 Å². The quantitative estimate of drug-likeness (QED) is 0.416. The molecule has 2 aromatic heterocycles. The molecule has 0 aliphatic carbocycles. The van der Waals surface area contributed by atoms with Crippen molar-refractivity contribution in [2.24, 2.45) is 0 Å². The van der Waals surface area contributed by atoms with Gasteiger partial charge in [-0.3, -0.25) is 4.68 Å². The lowest BCUT2D eigenvalue weighted by molar-refractivity contribution is 0.0697. The van der Waals surface area contributed by atoms with Gasteiger partial charge in [0, 0.05) is 24.0 Å². The Morgan fingerprint density at radius 2 is 1.88 bits per heavy atom. The van der Waals surface area contributed by atoms with Crippen LogP contribution in [0.2, 0.25) is 0 Å². The summed E-state index contributed by atoms with van der Waals surface area (Å²) in [5.74, 6) is -0.100. The van der Waals surface area contributed by atoms with Crippen molar-refractivity contribution in [1.29, 1.82) is 0 Å². The van der Waals surface area contributed by atoms with E-state index >= 15 is 0 Å². The van der Waals surface area contributed by atoms with Crippen LogP contribution in [0.3, 0.4) is 0 Å². The Bertz CT molecular complexity index is 1230. The van der Waals surface area contributed by atoms with Crippen LogP contribution < -0.4 is 5.32 Å². The van der Waals surface area contributed by atoms with E-state index < -0.39 is 5.97 Å². The van der Waals surface area contributed by atoms with E-state index in [-0.39, 0.29) is 5.56 Å². The topological polar surface area (TPSA) is 92.9 Å². The van der Waals surface area contributed by atoms with Crippen LogP contribution in [0, 0.1) is 6.92 Å². The minimum Gasteiger partial charge on any atom is -0.478 e. The van der Waals surface area contributed by atoms with Crippen molar-refractivity contribution in [2.45, 2.75) is 33.2 Å². The summed E-state index contributed by atoms with van der Waals surface area (Å²) in [4.78, 5) is 15.4. The number of nitrogens with one attached hydrogen (secondary N) is 1. The molecule has 0 spiro atoms. The third-order valence-electron chi connectivity index (χ3n) is 5.25. The maximum Gasteiger partial charge on any atom is 0.335 e. The Hall–Kier alpha value is -4.00. The monoisotopic (exact) mass is 427 g/mol. The Morgan fingerprint density at radius 1 is 1.06 bits per heavy atom. The molecule has 0 radical (unpaired) electrons. The number of rotatable bonds is 8. The van der Waals surface area contributed by atoms with Gasteiger partial charge in [-0.1, -0.05) is 24.3 Å². The highest BCUT2D eigenvalue weighted by molar-refractivity contribution is 5.87. The fraction of sp³-hybridized carbons (Fsp3) is 0.200. The number of aromatic nitrogens is 4. The number of pyridine rings is 1. The molecule has 0 amide bonds. The van der Waals surface area contributed by atoms with E-state index in [9.17, 15) is 4.79 Å². The highest BCUT2D eigenvalue weighted by atomic mass is 16.4. The number of nitrogens with zero attached hydrogens (tertiary/aromatic N) is 4. The number of carboxylic acid groups (broad SMARTS) is 1. The van der Waals surface area contributed by atoms with Gasteiger partial charge in [-0.2, -0.15) is 0 Å². The summed E-state index contributed by atoms with van der Waals surface area (Å²) in [5.41, 5.74) is 6.42. The minimum absolute atomic E-state index is 0.289. The number of carboxylic acids is 1. The van der Waals surface area contributed by atoms with Gasteiger partial charge in [0.25, 0.3) is 0 Å². The van der Waals surface area contributed by atoms with Gasteiger partial charge in [0.2, 0.25) is 0 Å². The Balaban J connectivity index is 1.46. The molecule has 0 atom stereocenters. The van der Waals surface area contributed by atoms with Gasteiger partial charge in [-0.15, -0.1) is 5.10 Å². The normalized spacial score (nSPS) is 10.8. The molecule has 0 unspecified atom stereocenters. The maximum atomic E-state index is 11.0. The highest BCUT2D eigenvalue weighted by Gasteiger charge is 2.08. The van der Waals surface area contributed by atoms with Crippen molar-refractivity contribution in [3.05, 3.63) is 89.2 Å². The van der Waals surface area contributed by atoms with Crippen LogP contribution in [-0.2, 0) is 19.4 Å². The SMILES string of the molecule is CCc1ccnc(Nc2cc(C)cc(-c3cn(CCc4ccc(C(=O)O)cc4)nn3)c2)c1. The molecule has 32 heavy (non-hydrogen) atoms. The van der Waals surface area contributed by atoms with Crippen LogP contribution in [0.15, 0.2) is 67.0 Å². The van der Waals surface area contributed by atoms with Crippen molar-refractivity contribution in [3.63, 3.8) is 0 Å². The van der Waals surface area contributed by atoms with Crippen molar-refractivity contribution >= 4 is 17.5 Å². The number of hydrogen-bond donors (Lipinski definition) is 2. The predicted molar refractivity (Wildman–Crippen MR) is 124 cm³/mol. The Labute approximate surface area is 186 Å². The zero-order valence-corrected chi connectivity index (χ0v) is 18.1. The molecule has 2 N–H and O–H groups in total. The third-order valence-corrected chi connectivity index (χ3v) is 5.25. The summed E-state index contributed by atoms with van der Waals surface area (Å²) < 4.78 is 1.81. The van der Waals surface area contributed by atoms with Gasteiger partial charge in [0.05, 0.1) is 11.8 Å². The van der Waals surface area contributed by atoms with Crippen LogP contribution in [-0.4, -0.2) is 31.1 Å². The van der Waals surface area contributed by atoms with E-state index in [2.05, 4.69) is 52.7 Å². The van der Waals surface area contributed by atoms with Gasteiger partial charge >= 0.3 is 5.97 Å². The van der Waals surface area contributed by atoms with Crippen LogP contribution >= 0.6 is 0 Å². The molecule has 0 bridgehead atoms. The summed E-state index contributed by atoms with van der Waals surface area (Å²) in [7, 11) is 0. The number of aryl methyl sites for hydroxylation is 4. The number of aromatic carboxylic acids is 1. The first-order valence-electron chi connectivity index (χ1n) is 10.6. The minimum atomic E-state index is -0.918. The molecular formula is C25H25N5O2. The van der Waals surface area contributed by atoms with Crippen LogP contribution in [0.5, 0.6) is 0 Å². The van der Waals surface area contributed by atoms with Crippen LogP contribution in [0.1, 0.15) is 34.0 Å². The maximum absolute atomic E-state index is 11.0. The van der Waals surface area contributed by atoms with E-state index in [1.807, 2.05) is 41.3 Å². The van der Waals surface area contributed by atoms with E-state index in [1.54, 1.807) is 12.1 Å². The summed E-state index contributed by atoms with van der Waals surface area (Å²) in [6.45, 7) is 4.83. The Kier molecular flexibility index (Phi) is 6.26. The van der Waals surface area contributed by atoms with Crippen molar-refractivity contribution in [2.75, 3.05) is 5.32 Å². The average molecular weight is 428 g/mol. The molecule has 0 saturated carbocycles. The van der Waals surface area contributed by atoms with Crippen molar-refractivity contribution in [1.82, 2.24) is 20.0 Å². The van der Waals surface area contributed by atoms with Gasteiger partial charge in [-0.05, 0) is 78.9 Å². The van der Waals surface area contributed by atoms with Gasteiger partial charge in [-0.25, -0.2) is 9.78 Å². The number of hydrogen-bond acceptors (Lipinski definition) is 5. The zero-order chi connectivity index (χ0) is 22.5. The standard InChI is InChI=1S/C25H25N5O2/c1-3-18-8-10-26-24(14-18)27-22-13-17(2)12-21(15-22)23-16-30(29-28-23)11-9-19-4-6-20(7-5-19)25(31)32/h4-8,10,12-16H,3,9,11H2,1-2H3,(H,26,27)(H,31,32). The molecule has 0 aliphatic rings. The first-order valence-corrected chi connectivity index (χ1v) is 10.6. The van der Waals surface area contributed by atoms with Crippen LogP contribution in [0.4, 0.5) is 11.5 Å². The van der Waals surface area contributed by atoms with Gasteiger partial charge in [0.1, 0.15) is 11.5 Å². The molecule has 0 fully saturated rings. The van der Waals surface area contributed by atoms with Gasteiger partial charge < -0.3 is 10.4 Å². The molecule has 0 saturated heterocycles. The first-order chi connectivity index (χ1) is 15.5. The lowest BCUT2D eigenvalue weighted by Gasteiger charge is -2.09. The fourth-order valence-electron chi connectivity index (χ4n) is 3.51.